The minimum atomic E-state index is -0.411. The van der Waals surface area contributed by atoms with E-state index in [4.69, 9.17) is 9.15 Å². The minimum Gasteiger partial charge on any atom is -0.488 e. The van der Waals surface area contributed by atoms with Crippen LogP contribution >= 0.6 is 0 Å². The minimum absolute atomic E-state index is 0.283. The predicted octanol–water partition coefficient (Wildman–Crippen LogP) is 5.17. The molecule has 2 heterocycles. The van der Waals surface area contributed by atoms with Gasteiger partial charge in [0.05, 0.1) is 18.2 Å². The van der Waals surface area contributed by atoms with E-state index in [0.29, 0.717) is 23.8 Å². The molecule has 0 fully saturated rings. The third kappa shape index (κ3) is 4.52. The van der Waals surface area contributed by atoms with Crippen molar-refractivity contribution in [1.82, 2.24) is 15.6 Å². The van der Waals surface area contributed by atoms with Crippen LogP contribution < -0.4 is 10.2 Å². The number of carbonyl (C=O) groups excluding carboxylic acids is 1. The Morgan fingerprint density at radius 3 is 2.79 bits per heavy atom. The van der Waals surface area contributed by atoms with E-state index in [2.05, 4.69) is 45.0 Å². The molecule has 0 aliphatic heterocycles. The van der Waals surface area contributed by atoms with Crippen LogP contribution in [0.5, 0.6) is 5.75 Å². The second-order valence-electron chi connectivity index (χ2n) is 7.30. The normalized spacial score (nSPS) is 11.2. The van der Waals surface area contributed by atoms with Crippen molar-refractivity contribution in [3.63, 3.8) is 0 Å². The number of para-hydroxylation sites is 1. The third-order valence-corrected chi connectivity index (χ3v) is 5.15. The van der Waals surface area contributed by atoms with E-state index in [9.17, 15) is 4.79 Å². The number of aromatic amines is 1. The summed E-state index contributed by atoms with van der Waals surface area (Å²) in [6.45, 7) is 0.414. The van der Waals surface area contributed by atoms with E-state index in [0.717, 1.165) is 16.5 Å². The van der Waals surface area contributed by atoms with Crippen LogP contribution in [0.25, 0.3) is 22.0 Å². The molecule has 3 aromatic carbocycles. The lowest BCUT2D eigenvalue weighted by atomic mass is 10.1. The first-order valence-corrected chi connectivity index (χ1v) is 10.4. The Morgan fingerprint density at radius 1 is 1.03 bits per heavy atom. The number of nitrogens with zero attached hydrogens (tertiary/aromatic N) is 2. The number of nitrogens with one attached hydrogen (secondary N) is 2. The molecule has 0 spiro atoms. The van der Waals surface area contributed by atoms with Gasteiger partial charge in [0.25, 0.3) is 5.91 Å². The maximum Gasteiger partial charge on any atom is 0.289 e. The van der Waals surface area contributed by atoms with Crippen LogP contribution in [0, 0.1) is 0 Å². The number of rotatable bonds is 7. The Labute approximate surface area is 189 Å². The highest BCUT2D eigenvalue weighted by Crippen LogP contribution is 2.30. The van der Waals surface area contributed by atoms with Gasteiger partial charge in [0, 0.05) is 5.56 Å². The topological polar surface area (TPSA) is 92.5 Å². The number of hydrogen-bond donors (Lipinski definition) is 2. The number of fused-ring (bicyclic) bond motifs is 1. The molecule has 5 rings (SSSR count). The number of ether oxygens (including phenoxy) is 1. The number of hydrazone groups is 1. The molecule has 33 heavy (non-hydrogen) atoms. The molecule has 0 saturated carbocycles. The number of benzene rings is 3. The lowest BCUT2D eigenvalue weighted by Crippen LogP contribution is -2.17. The number of hydrogen-bond acceptors (Lipinski definition) is 5. The fourth-order valence-electron chi connectivity index (χ4n) is 3.53. The van der Waals surface area contributed by atoms with Crippen LogP contribution in [0.2, 0.25) is 0 Å². The van der Waals surface area contributed by atoms with Crippen molar-refractivity contribution in [3.8, 4) is 17.0 Å². The van der Waals surface area contributed by atoms with E-state index in [1.807, 2.05) is 42.5 Å². The van der Waals surface area contributed by atoms with E-state index in [1.54, 1.807) is 18.2 Å². The maximum atomic E-state index is 12.4. The van der Waals surface area contributed by atoms with Gasteiger partial charge in [-0.05, 0) is 46.7 Å². The van der Waals surface area contributed by atoms with Crippen molar-refractivity contribution in [3.05, 3.63) is 108 Å². The van der Waals surface area contributed by atoms with Gasteiger partial charge in [-0.3, -0.25) is 9.89 Å². The molecule has 0 radical (unpaired) electrons. The van der Waals surface area contributed by atoms with Gasteiger partial charge in [-0.15, -0.1) is 0 Å². The summed E-state index contributed by atoms with van der Waals surface area (Å²) in [6.07, 6.45) is 2.95. The van der Waals surface area contributed by atoms with E-state index >= 15 is 0 Å². The summed E-state index contributed by atoms with van der Waals surface area (Å²) in [6, 6.07) is 27.1. The smallest absolute Gasteiger partial charge is 0.289 e. The number of carbonyl (C=O) groups is 1. The van der Waals surface area contributed by atoms with Crippen LogP contribution in [0.15, 0.2) is 101 Å². The molecule has 0 aliphatic rings. The lowest BCUT2D eigenvalue weighted by molar-refractivity contribution is 0.0950. The van der Waals surface area contributed by atoms with Crippen molar-refractivity contribution >= 4 is 22.9 Å². The first-order chi connectivity index (χ1) is 16.3. The molecule has 162 valence electrons. The molecule has 5 aromatic rings. The highest BCUT2D eigenvalue weighted by Gasteiger charge is 2.14. The summed E-state index contributed by atoms with van der Waals surface area (Å²) in [5.41, 5.74) is 5.21. The van der Waals surface area contributed by atoms with Gasteiger partial charge >= 0.3 is 0 Å². The molecule has 0 aliphatic carbocycles. The average molecular weight is 436 g/mol. The van der Waals surface area contributed by atoms with Crippen LogP contribution in [0.4, 0.5) is 0 Å². The Balaban J connectivity index is 1.32. The summed E-state index contributed by atoms with van der Waals surface area (Å²) in [7, 11) is 0. The van der Waals surface area contributed by atoms with Gasteiger partial charge in [0.1, 0.15) is 23.8 Å². The molecule has 0 unspecified atom stereocenters. The fourth-order valence-corrected chi connectivity index (χ4v) is 3.53. The highest BCUT2D eigenvalue weighted by atomic mass is 16.5. The number of furan rings is 1. The van der Waals surface area contributed by atoms with Gasteiger partial charge in [-0.1, -0.05) is 54.6 Å². The van der Waals surface area contributed by atoms with Gasteiger partial charge in [0.15, 0.2) is 0 Å². The second kappa shape index (κ2) is 9.23. The summed E-state index contributed by atoms with van der Waals surface area (Å²) >= 11 is 0. The van der Waals surface area contributed by atoms with Crippen molar-refractivity contribution in [2.75, 3.05) is 0 Å². The fraction of sp³-hybridized carbons (Fsp3) is 0.0385. The molecule has 0 atom stereocenters. The molecule has 2 N–H and O–H groups in total. The van der Waals surface area contributed by atoms with Crippen LogP contribution in [0.1, 0.15) is 21.8 Å². The van der Waals surface area contributed by atoms with Crippen LogP contribution in [0.3, 0.4) is 0 Å². The standard InChI is InChI=1S/C26H20N4O3/c31-26(30-27-16-20-10-6-14-32-20)24-15-23(28-29-24)22-12-3-4-13-25(22)33-17-19-9-5-8-18-7-1-2-11-21(18)19/h1-16H,17H2,(H,28,29)(H,30,31)/b27-16+. The Hall–Kier alpha value is -4.65. The van der Waals surface area contributed by atoms with Gasteiger partial charge in [-0.2, -0.15) is 10.2 Å². The van der Waals surface area contributed by atoms with E-state index in [-0.39, 0.29) is 5.69 Å². The van der Waals surface area contributed by atoms with Crippen molar-refractivity contribution in [2.45, 2.75) is 6.61 Å². The lowest BCUT2D eigenvalue weighted by Gasteiger charge is -2.12. The molecule has 0 saturated heterocycles. The highest BCUT2D eigenvalue weighted by molar-refractivity contribution is 5.94. The molecular weight excluding hydrogens is 416 g/mol. The summed E-state index contributed by atoms with van der Waals surface area (Å²) < 4.78 is 11.3. The summed E-state index contributed by atoms with van der Waals surface area (Å²) in [5, 5.41) is 13.3. The maximum absolute atomic E-state index is 12.4. The summed E-state index contributed by atoms with van der Waals surface area (Å²) in [5.74, 6) is 0.809. The van der Waals surface area contributed by atoms with Gasteiger partial charge < -0.3 is 9.15 Å². The quantitative estimate of drug-likeness (QED) is 0.272. The average Bonchev–Trinajstić information content (AvgIpc) is 3.55. The zero-order valence-corrected chi connectivity index (χ0v) is 17.6. The molecule has 0 bridgehead atoms. The van der Waals surface area contributed by atoms with Crippen LogP contribution in [-0.2, 0) is 6.61 Å². The molecule has 2 aromatic heterocycles. The van der Waals surface area contributed by atoms with Crippen molar-refractivity contribution in [2.24, 2.45) is 5.10 Å². The van der Waals surface area contributed by atoms with E-state index in [1.165, 1.54) is 17.9 Å². The Morgan fingerprint density at radius 2 is 1.88 bits per heavy atom. The Kier molecular flexibility index (Phi) is 5.67. The monoisotopic (exact) mass is 436 g/mol. The van der Waals surface area contributed by atoms with Crippen molar-refractivity contribution in [1.29, 1.82) is 0 Å². The number of H-pyrrole nitrogens is 1. The molecule has 1 amide bonds. The number of aromatic nitrogens is 2. The van der Waals surface area contributed by atoms with E-state index < -0.39 is 5.91 Å². The first-order valence-electron chi connectivity index (χ1n) is 10.4. The molecule has 7 heteroatoms. The van der Waals surface area contributed by atoms with Crippen LogP contribution in [-0.4, -0.2) is 22.3 Å². The third-order valence-electron chi connectivity index (χ3n) is 5.15. The summed E-state index contributed by atoms with van der Waals surface area (Å²) in [4.78, 5) is 12.4. The zero-order chi connectivity index (χ0) is 22.5. The largest absolute Gasteiger partial charge is 0.488 e. The SMILES string of the molecule is O=C(N/N=C/c1ccco1)c1cc(-c2ccccc2OCc2cccc3ccccc23)n[nH]1. The van der Waals surface area contributed by atoms with Gasteiger partial charge in [0.2, 0.25) is 0 Å². The first kappa shape index (κ1) is 20.3. The number of amides is 1. The van der Waals surface area contributed by atoms with Crippen molar-refractivity contribution < 1.29 is 13.9 Å². The zero-order valence-electron chi connectivity index (χ0n) is 17.6. The second-order valence-corrected chi connectivity index (χ2v) is 7.30. The van der Waals surface area contributed by atoms with Gasteiger partial charge in [-0.25, -0.2) is 5.43 Å². The predicted molar refractivity (Wildman–Crippen MR) is 126 cm³/mol. The Bertz CT molecular complexity index is 1420. The molecule has 7 nitrogen and oxygen atoms in total. The molecular formula is C26H20N4O3.